The van der Waals surface area contributed by atoms with Crippen LogP contribution in [0.15, 0.2) is 48.8 Å². The van der Waals surface area contributed by atoms with E-state index in [2.05, 4.69) is 15.0 Å². The predicted octanol–water partition coefficient (Wildman–Crippen LogP) is 4.39. The number of nitrogens with one attached hydrogen (secondary N) is 1. The van der Waals surface area contributed by atoms with Crippen molar-refractivity contribution in [3.05, 3.63) is 70.7 Å². The number of thiazole rings is 1. The van der Waals surface area contributed by atoms with Gasteiger partial charge in [-0.15, -0.1) is 11.3 Å². The number of rotatable bonds is 6. The van der Waals surface area contributed by atoms with E-state index in [0.29, 0.717) is 46.1 Å². The maximum absolute atomic E-state index is 13.4. The third-order valence-corrected chi connectivity index (χ3v) is 8.19. The van der Waals surface area contributed by atoms with Gasteiger partial charge in [-0.3, -0.25) is 4.79 Å². The molecule has 8 nitrogen and oxygen atoms in total. The molecule has 4 heterocycles. The minimum atomic E-state index is -0.598. The number of halogens is 1. The number of pyridine rings is 1. The van der Waals surface area contributed by atoms with Crippen molar-refractivity contribution in [3.63, 3.8) is 0 Å². The molecule has 6 rings (SSSR count). The Morgan fingerprint density at radius 1 is 1.19 bits per heavy atom. The Hall–Kier alpha value is -3.63. The number of nitrogens with zero attached hydrogens (tertiary/aromatic N) is 4. The molecule has 190 valence electrons. The van der Waals surface area contributed by atoms with Gasteiger partial charge in [0.15, 0.2) is 10.8 Å². The fourth-order valence-corrected chi connectivity index (χ4v) is 5.87. The normalized spacial score (nSPS) is 20.7. The molecule has 4 aromatic rings. The zero-order valence-electron chi connectivity index (χ0n) is 20.7. The maximum atomic E-state index is 13.4. The summed E-state index contributed by atoms with van der Waals surface area (Å²) < 4.78 is 19.8. The molecule has 3 aromatic heterocycles. The van der Waals surface area contributed by atoms with E-state index >= 15 is 0 Å². The number of aromatic nitrogens is 4. The Bertz CT molecular complexity index is 1450. The number of hydrogen-bond donors (Lipinski definition) is 2. The van der Waals surface area contributed by atoms with Crippen LogP contribution in [0.5, 0.6) is 5.88 Å². The number of carbonyl (C=O) groups excluding carboxylic acids is 1. The number of imidazole rings is 1. The summed E-state index contributed by atoms with van der Waals surface area (Å²) in [5.74, 6) is 1.38. The molecule has 1 aromatic carbocycles. The van der Waals surface area contributed by atoms with Gasteiger partial charge in [-0.25, -0.2) is 19.3 Å². The molecule has 1 aliphatic carbocycles. The predicted molar refractivity (Wildman–Crippen MR) is 139 cm³/mol. The first-order chi connectivity index (χ1) is 17.7. The van der Waals surface area contributed by atoms with Crippen molar-refractivity contribution in [1.82, 2.24) is 24.8 Å². The second-order valence-electron chi connectivity index (χ2n) is 10.3. The van der Waals surface area contributed by atoms with Crippen molar-refractivity contribution in [1.29, 1.82) is 0 Å². The highest BCUT2D eigenvalue weighted by molar-refractivity contribution is 7.17. The van der Waals surface area contributed by atoms with E-state index in [1.54, 1.807) is 24.5 Å². The lowest BCUT2D eigenvalue weighted by Gasteiger charge is -2.22. The number of nitrogens with two attached hydrogens (primary N) is 1. The van der Waals surface area contributed by atoms with Crippen LogP contribution in [0.2, 0.25) is 0 Å². The number of amides is 1. The molecule has 1 saturated carbocycles. The molecule has 0 spiro atoms. The Labute approximate surface area is 217 Å². The van der Waals surface area contributed by atoms with Gasteiger partial charge < -0.3 is 20.4 Å². The average Bonchev–Trinajstić information content (AvgIpc) is 3.36. The lowest BCUT2D eigenvalue weighted by molar-refractivity contribution is 0.0755. The molecule has 3 N–H and O–H groups in total. The summed E-state index contributed by atoms with van der Waals surface area (Å²) in [4.78, 5) is 32.3. The fourth-order valence-electron chi connectivity index (χ4n) is 4.88. The molecule has 37 heavy (non-hydrogen) atoms. The summed E-state index contributed by atoms with van der Waals surface area (Å²) in [7, 11) is 0. The van der Waals surface area contributed by atoms with Crippen molar-refractivity contribution < 1.29 is 13.9 Å². The highest BCUT2D eigenvalue weighted by atomic mass is 32.1. The van der Waals surface area contributed by atoms with Crippen molar-refractivity contribution in [2.24, 2.45) is 17.6 Å². The fraction of sp³-hybridized carbons (Fsp3) is 0.333. The molecule has 1 amide bonds. The third kappa shape index (κ3) is 4.51. The van der Waals surface area contributed by atoms with Crippen molar-refractivity contribution >= 4 is 17.2 Å². The average molecular weight is 519 g/mol. The van der Waals surface area contributed by atoms with E-state index < -0.39 is 5.54 Å². The van der Waals surface area contributed by atoms with Crippen molar-refractivity contribution in [2.45, 2.75) is 32.4 Å². The molecule has 2 fully saturated rings. The summed E-state index contributed by atoms with van der Waals surface area (Å²) in [5, 5.41) is 0.710. The van der Waals surface area contributed by atoms with Gasteiger partial charge in [-0.1, -0.05) is 0 Å². The van der Waals surface area contributed by atoms with Crippen molar-refractivity contribution in [2.75, 3.05) is 13.1 Å². The standard InChI is InChI=1S/C27H27FN6O2S/c1-14-23(37-25(32-14)24-30-8-9-31-24)26(35)34-12-18-19(13-34)22(18)36-21-11-16(27(2,3)29)10-20(33-21)15-4-6-17(28)7-5-15/h4-11,18-19,22H,12-13,29H2,1-3H3,(H,30,31)/t18-,19+,22?. The number of ether oxygens (including phenoxy) is 1. The third-order valence-electron chi connectivity index (χ3n) is 7.04. The number of H-pyrrole nitrogens is 1. The molecule has 1 aliphatic heterocycles. The topological polar surface area (TPSA) is 110 Å². The zero-order chi connectivity index (χ0) is 25.9. The summed E-state index contributed by atoms with van der Waals surface area (Å²) >= 11 is 1.36. The van der Waals surface area contributed by atoms with Gasteiger partial charge in [0.2, 0.25) is 5.88 Å². The second kappa shape index (κ2) is 8.74. The van der Waals surface area contributed by atoms with Gasteiger partial charge >= 0.3 is 0 Å². The molecular weight excluding hydrogens is 491 g/mol. The lowest BCUT2D eigenvalue weighted by Crippen LogP contribution is -2.33. The quantitative estimate of drug-likeness (QED) is 0.392. The zero-order valence-corrected chi connectivity index (χ0v) is 21.6. The van der Waals surface area contributed by atoms with Crippen LogP contribution in [0.4, 0.5) is 4.39 Å². The summed E-state index contributed by atoms with van der Waals surface area (Å²) in [6, 6.07) is 10.0. The van der Waals surface area contributed by atoms with Crippen LogP contribution in [0, 0.1) is 24.6 Å². The van der Waals surface area contributed by atoms with Gasteiger partial charge in [0.25, 0.3) is 5.91 Å². The Morgan fingerprint density at radius 3 is 2.57 bits per heavy atom. The number of aryl methyl sites for hydroxylation is 1. The van der Waals surface area contributed by atoms with Gasteiger partial charge in [0.1, 0.15) is 16.8 Å². The molecular formula is C27H27FN6O2S. The van der Waals surface area contributed by atoms with Gasteiger partial charge in [-0.2, -0.15) is 0 Å². The van der Waals surface area contributed by atoms with Crippen LogP contribution in [0.1, 0.15) is 34.8 Å². The molecule has 10 heteroatoms. The summed E-state index contributed by atoms with van der Waals surface area (Å²) in [6.07, 6.45) is 3.40. The van der Waals surface area contributed by atoms with Crippen LogP contribution in [-0.4, -0.2) is 49.9 Å². The highest BCUT2D eigenvalue weighted by Crippen LogP contribution is 2.48. The van der Waals surface area contributed by atoms with Crippen LogP contribution in [-0.2, 0) is 5.54 Å². The van der Waals surface area contributed by atoms with E-state index in [-0.39, 0.29) is 29.7 Å². The van der Waals surface area contributed by atoms with Crippen LogP contribution >= 0.6 is 11.3 Å². The largest absolute Gasteiger partial charge is 0.474 e. The van der Waals surface area contributed by atoms with Crippen LogP contribution in [0.3, 0.4) is 0 Å². The van der Waals surface area contributed by atoms with E-state index in [1.807, 2.05) is 37.8 Å². The lowest BCUT2D eigenvalue weighted by atomic mass is 9.95. The number of piperidine rings is 1. The Kier molecular flexibility index (Phi) is 5.61. The molecule has 3 atom stereocenters. The minimum Gasteiger partial charge on any atom is -0.474 e. The number of aromatic amines is 1. The summed E-state index contributed by atoms with van der Waals surface area (Å²) in [5.41, 5.74) is 8.86. The van der Waals surface area contributed by atoms with Crippen LogP contribution < -0.4 is 10.5 Å². The molecule has 1 saturated heterocycles. The number of likely N-dealkylation sites (tertiary alicyclic amines) is 1. The molecule has 0 radical (unpaired) electrons. The molecule has 0 bridgehead atoms. The highest BCUT2D eigenvalue weighted by Gasteiger charge is 2.59. The number of benzene rings is 1. The van der Waals surface area contributed by atoms with Gasteiger partial charge in [0.05, 0.1) is 11.4 Å². The first kappa shape index (κ1) is 23.7. The Morgan fingerprint density at radius 2 is 1.92 bits per heavy atom. The monoisotopic (exact) mass is 518 g/mol. The number of fused-ring (bicyclic) bond motifs is 1. The van der Waals surface area contributed by atoms with Crippen molar-refractivity contribution in [3.8, 4) is 28.0 Å². The van der Waals surface area contributed by atoms with Gasteiger partial charge in [0, 0.05) is 54.5 Å². The summed E-state index contributed by atoms with van der Waals surface area (Å²) in [6.45, 7) is 6.97. The first-order valence-electron chi connectivity index (χ1n) is 12.2. The van der Waals surface area contributed by atoms with E-state index in [1.165, 1.54) is 23.5 Å². The number of hydrogen-bond acceptors (Lipinski definition) is 7. The minimum absolute atomic E-state index is 0.00218. The van der Waals surface area contributed by atoms with E-state index in [4.69, 9.17) is 15.5 Å². The number of carbonyl (C=O) groups is 1. The SMILES string of the molecule is Cc1nc(-c2ncc[nH]2)sc1C(=O)N1C[C@@H]2C(Oc3cc(C(C)(C)N)cc(-c4ccc(F)cc4)n3)[C@@H]2C1. The van der Waals surface area contributed by atoms with Gasteiger partial charge in [-0.05, 0) is 56.7 Å². The van der Waals surface area contributed by atoms with Crippen LogP contribution in [0.25, 0.3) is 22.1 Å². The van der Waals surface area contributed by atoms with E-state index in [9.17, 15) is 9.18 Å². The van der Waals surface area contributed by atoms with E-state index in [0.717, 1.165) is 11.1 Å². The smallest absolute Gasteiger partial charge is 0.265 e. The molecule has 1 unspecified atom stereocenters. The maximum Gasteiger partial charge on any atom is 0.265 e. The second-order valence-corrected chi connectivity index (χ2v) is 11.3. The Balaban J connectivity index is 1.16. The molecule has 2 aliphatic rings. The first-order valence-corrected chi connectivity index (χ1v) is 13.0.